The third-order valence-electron chi connectivity index (χ3n) is 3.98. The minimum Gasteiger partial charge on any atom is -0.489 e. The SMILES string of the molecule is O=C(NC(=S)Nc1ccc(Cl)cc1[N+](=O)[O-])c1cccc(OCc2ccccc2)c1. The molecule has 0 unspecified atom stereocenters. The van der Waals surface area contributed by atoms with Crippen LogP contribution in [0.5, 0.6) is 5.75 Å². The summed E-state index contributed by atoms with van der Waals surface area (Å²) in [5, 5.41) is 16.4. The molecule has 7 nitrogen and oxygen atoms in total. The van der Waals surface area contributed by atoms with E-state index in [-0.39, 0.29) is 21.5 Å². The fourth-order valence-corrected chi connectivity index (χ4v) is 2.93. The first-order valence-electron chi connectivity index (χ1n) is 8.75. The summed E-state index contributed by atoms with van der Waals surface area (Å²) in [6, 6.07) is 20.4. The fraction of sp³-hybridized carbons (Fsp3) is 0.0476. The van der Waals surface area contributed by atoms with E-state index in [2.05, 4.69) is 10.6 Å². The van der Waals surface area contributed by atoms with Gasteiger partial charge < -0.3 is 10.1 Å². The van der Waals surface area contributed by atoms with E-state index in [1.807, 2.05) is 30.3 Å². The number of thiocarbonyl (C=S) groups is 1. The Balaban J connectivity index is 1.63. The fourth-order valence-electron chi connectivity index (χ4n) is 2.56. The maximum absolute atomic E-state index is 12.5. The second-order valence-corrected chi connectivity index (χ2v) is 6.97. The molecule has 1 amide bonds. The highest BCUT2D eigenvalue weighted by Gasteiger charge is 2.16. The summed E-state index contributed by atoms with van der Waals surface area (Å²) in [5.74, 6) is 0.0491. The summed E-state index contributed by atoms with van der Waals surface area (Å²) in [4.78, 5) is 23.1. The van der Waals surface area contributed by atoms with Crippen molar-refractivity contribution in [3.8, 4) is 5.75 Å². The summed E-state index contributed by atoms with van der Waals surface area (Å²) in [5.41, 5.74) is 1.20. The van der Waals surface area contributed by atoms with Crippen molar-refractivity contribution in [3.05, 3.63) is 99.1 Å². The molecule has 0 radical (unpaired) electrons. The van der Waals surface area contributed by atoms with Gasteiger partial charge in [-0.25, -0.2) is 0 Å². The quantitative estimate of drug-likeness (QED) is 0.319. The monoisotopic (exact) mass is 441 g/mol. The smallest absolute Gasteiger partial charge is 0.294 e. The number of anilines is 1. The molecule has 9 heteroatoms. The summed E-state index contributed by atoms with van der Waals surface area (Å²) >= 11 is 10.9. The Labute approximate surface area is 182 Å². The topological polar surface area (TPSA) is 93.5 Å². The third-order valence-corrected chi connectivity index (χ3v) is 4.42. The van der Waals surface area contributed by atoms with Crippen LogP contribution in [0.1, 0.15) is 15.9 Å². The highest BCUT2D eigenvalue weighted by atomic mass is 35.5. The van der Waals surface area contributed by atoms with Crippen LogP contribution < -0.4 is 15.4 Å². The van der Waals surface area contributed by atoms with Gasteiger partial charge in [-0.3, -0.25) is 20.2 Å². The van der Waals surface area contributed by atoms with Gasteiger partial charge in [-0.2, -0.15) is 0 Å². The van der Waals surface area contributed by atoms with E-state index in [1.165, 1.54) is 18.2 Å². The van der Waals surface area contributed by atoms with Gasteiger partial charge in [-0.15, -0.1) is 0 Å². The van der Waals surface area contributed by atoms with Crippen LogP contribution in [0.2, 0.25) is 5.02 Å². The Hall–Kier alpha value is -3.49. The molecule has 2 N–H and O–H groups in total. The number of amides is 1. The maximum Gasteiger partial charge on any atom is 0.294 e. The molecule has 3 rings (SSSR count). The van der Waals surface area contributed by atoms with Crippen LogP contribution in [-0.4, -0.2) is 15.9 Å². The average Bonchev–Trinajstić information content (AvgIpc) is 2.74. The average molecular weight is 442 g/mol. The molecule has 0 aliphatic carbocycles. The van der Waals surface area contributed by atoms with Gasteiger partial charge in [0.1, 0.15) is 18.0 Å². The summed E-state index contributed by atoms with van der Waals surface area (Å²) in [6.45, 7) is 0.367. The summed E-state index contributed by atoms with van der Waals surface area (Å²) < 4.78 is 5.72. The molecule has 0 atom stereocenters. The molecular weight excluding hydrogens is 426 g/mol. The number of nitro groups is 1. The zero-order valence-electron chi connectivity index (χ0n) is 15.5. The molecule has 0 fully saturated rings. The first kappa shape index (κ1) is 21.2. The lowest BCUT2D eigenvalue weighted by molar-refractivity contribution is -0.383. The first-order valence-corrected chi connectivity index (χ1v) is 9.54. The molecular formula is C21H16ClN3O4S. The lowest BCUT2D eigenvalue weighted by Gasteiger charge is -2.11. The van der Waals surface area contributed by atoms with Gasteiger partial charge in [-0.05, 0) is 48.1 Å². The Morgan fingerprint density at radius 1 is 1.07 bits per heavy atom. The minimum atomic E-state index is -0.591. The standard InChI is InChI=1S/C21H16ClN3O4S/c22-16-9-10-18(19(12-16)25(27)28)23-21(30)24-20(26)15-7-4-8-17(11-15)29-13-14-5-2-1-3-6-14/h1-12H,13H2,(H2,23,24,26,30). The number of nitrogens with one attached hydrogen (secondary N) is 2. The van der Waals surface area contributed by atoms with Crippen LogP contribution in [0.3, 0.4) is 0 Å². The van der Waals surface area contributed by atoms with Crippen molar-refractivity contribution < 1.29 is 14.5 Å². The largest absolute Gasteiger partial charge is 0.489 e. The van der Waals surface area contributed by atoms with Crippen molar-refractivity contribution in [2.24, 2.45) is 0 Å². The highest BCUT2D eigenvalue weighted by molar-refractivity contribution is 7.80. The Morgan fingerprint density at radius 3 is 2.57 bits per heavy atom. The van der Waals surface area contributed by atoms with Crippen LogP contribution in [0.4, 0.5) is 11.4 Å². The van der Waals surface area contributed by atoms with Gasteiger partial charge in [-0.1, -0.05) is 48.0 Å². The van der Waals surface area contributed by atoms with Crippen LogP contribution in [-0.2, 0) is 6.61 Å². The summed E-state index contributed by atoms with van der Waals surface area (Å²) in [7, 11) is 0. The van der Waals surface area contributed by atoms with E-state index in [1.54, 1.807) is 24.3 Å². The van der Waals surface area contributed by atoms with Crippen molar-refractivity contribution in [1.29, 1.82) is 0 Å². The molecule has 0 aliphatic rings. The normalized spacial score (nSPS) is 10.2. The second kappa shape index (κ2) is 9.82. The van der Waals surface area contributed by atoms with Gasteiger partial charge in [0.05, 0.1) is 4.92 Å². The zero-order chi connectivity index (χ0) is 21.5. The number of hydrogen-bond donors (Lipinski definition) is 2. The molecule has 0 heterocycles. The lowest BCUT2D eigenvalue weighted by Crippen LogP contribution is -2.34. The molecule has 0 saturated heterocycles. The van der Waals surface area contributed by atoms with Crippen LogP contribution >= 0.6 is 23.8 Å². The van der Waals surface area contributed by atoms with Gasteiger partial charge >= 0.3 is 0 Å². The number of nitro benzene ring substituents is 1. The van der Waals surface area contributed by atoms with E-state index < -0.39 is 10.8 Å². The van der Waals surface area contributed by atoms with Crippen molar-refractivity contribution in [2.75, 3.05) is 5.32 Å². The third kappa shape index (κ3) is 5.76. The predicted molar refractivity (Wildman–Crippen MR) is 119 cm³/mol. The van der Waals surface area contributed by atoms with Gasteiger partial charge in [0.25, 0.3) is 11.6 Å². The Kier molecular flexibility index (Phi) is 6.95. The first-order chi connectivity index (χ1) is 14.4. The maximum atomic E-state index is 12.5. The van der Waals surface area contributed by atoms with Crippen molar-refractivity contribution in [3.63, 3.8) is 0 Å². The van der Waals surface area contributed by atoms with E-state index >= 15 is 0 Å². The molecule has 0 saturated carbocycles. The zero-order valence-corrected chi connectivity index (χ0v) is 17.1. The van der Waals surface area contributed by atoms with Crippen molar-refractivity contribution >= 4 is 46.2 Å². The van der Waals surface area contributed by atoms with E-state index in [0.29, 0.717) is 17.9 Å². The molecule has 30 heavy (non-hydrogen) atoms. The van der Waals surface area contributed by atoms with Crippen LogP contribution in [0.15, 0.2) is 72.8 Å². The predicted octanol–water partition coefficient (Wildman–Crippen LogP) is 4.95. The van der Waals surface area contributed by atoms with Gasteiger partial charge in [0.15, 0.2) is 5.11 Å². The number of rotatable bonds is 6. The number of hydrogen-bond acceptors (Lipinski definition) is 5. The number of benzene rings is 3. The molecule has 0 aromatic heterocycles. The van der Waals surface area contributed by atoms with Crippen LogP contribution in [0, 0.1) is 10.1 Å². The van der Waals surface area contributed by atoms with Crippen LogP contribution in [0.25, 0.3) is 0 Å². The van der Waals surface area contributed by atoms with E-state index in [0.717, 1.165) is 5.56 Å². The molecule has 0 aliphatic heterocycles. The lowest BCUT2D eigenvalue weighted by atomic mass is 10.2. The highest BCUT2D eigenvalue weighted by Crippen LogP contribution is 2.27. The molecule has 3 aromatic rings. The molecule has 3 aromatic carbocycles. The molecule has 0 bridgehead atoms. The number of ether oxygens (including phenoxy) is 1. The van der Waals surface area contributed by atoms with E-state index in [4.69, 9.17) is 28.6 Å². The summed E-state index contributed by atoms with van der Waals surface area (Å²) in [6.07, 6.45) is 0. The number of carbonyl (C=O) groups excluding carboxylic acids is 1. The second-order valence-electron chi connectivity index (χ2n) is 6.13. The van der Waals surface area contributed by atoms with E-state index in [9.17, 15) is 14.9 Å². The number of carbonyl (C=O) groups is 1. The minimum absolute atomic E-state index is 0.0824. The van der Waals surface area contributed by atoms with Gasteiger partial charge in [0, 0.05) is 16.7 Å². The number of nitrogens with zero attached hydrogens (tertiary/aromatic N) is 1. The number of halogens is 1. The Bertz CT molecular complexity index is 1090. The van der Waals surface area contributed by atoms with Crippen molar-refractivity contribution in [2.45, 2.75) is 6.61 Å². The Morgan fingerprint density at radius 2 is 1.83 bits per heavy atom. The van der Waals surface area contributed by atoms with Crippen molar-refractivity contribution in [1.82, 2.24) is 5.32 Å². The molecule has 152 valence electrons. The van der Waals surface area contributed by atoms with Gasteiger partial charge in [0.2, 0.25) is 0 Å². The molecule has 0 spiro atoms.